The molecule has 0 spiro atoms. The van der Waals surface area contributed by atoms with E-state index in [1.165, 1.54) is 12.1 Å². The Morgan fingerprint density at radius 2 is 2.09 bits per heavy atom. The molecule has 1 fully saturated rings. The summed E-state index contributed by atoms with van der Waals surface area (Å²) in [6, 6.07) is 4.51. The van der Waals surface area contributed by atoms with Crippen LogP contribution in [0, 0.1) is 17.0 Å². The fourth-order valence-corrected chi connectivity index (χ4v) is 2.73. The lowest BCUT2D eigenvalue weighted by Gasteiger charge is -2.32. The average molecular weight is 321 g/mol. The number of benzene rings is 1. The van der Waals surface area contributed by atoms with Crippen molar-refractivity contribution >= 4 is 11.6 Å². The van der Waals surface area contributed by atoms with E-state index in [9.17, 15) is 14.9 Å². The number of nitro benzene ring substituents is 1. The predicted molar refractivity (Wildman–Crippen MR) is 86.4 cm³/mol. The molecule has 0 atom stereocenters. The van der Waals surface area contributed by atoms with Gasteiger partial charge in [0.05, 0.1) is 11.0 Å². The fraction of sp³-hybridized carbons (Fsp3) is 0.562. The van der Waals surface area contributed by atoms with Gasteiger partial charge in [-0.3, -0.25) is 14.9 Å². The fourth-order valence-electron chi connectivity index (χ4n) is 2.73. The topological polar surface area (TPSA) is 98.7 Å². The molecule has 1 aliphatic rings. The number of nitrogens with zero attached hydrogens (tertiary/aromatic N) is 2. The van der Waals surface area contributed by atoms with Crippen LogP contribution < -0.4 is 5.73 Å². The van der Waals surface area contributed by atoms with Crippen molar-refractivity contribution in [1.82, 2.24) is 4.90 Å². The molecule has 2 rings (SSSR count). The van der Waals surface area contributed by atoms with Gasteiger partial charge in [0.2, 0.25) is 0 Å². The number of aryl methyl sites for hydroxylation is 1. The average Bonchev–Trinajstić information content (AvgIpc) is 2.54. The number of nitrogens with two attached hydrogens (primary N) is 1. The van der Waals surface area contributed by atoms with E-state index < -0.39 is 4.92 Å². The summed E-state index contributed by atoms with van der Waals surface area (Å²) in [6.45, 7) is 4.23. The van der Waals surface area contributed by atoms with E-state index in [1.54, 1.807) is 17.9 Å². The normalized spacial score (nSPS) is 15.7. The number of hydrogen-bond donors (Lipinski definition) is 1. The highest BCUT2D eigenvalue weighted by molar-refractivity contribution is 5.95. The van der Waals surface area contributed by atoms with Crippen molar-refractivity contribution in [2.45, 2.75) is 32.3 Å². The van der Waals surface area contributed by atoms with E-state index in [0.717, 1.165) is 19.3 Å². The van der Waals surface area contributed by atoms with Crippen LogP contribution in [0.1, 0.15) is 35.2 Å². The minimum atomic E-state index is -0.471. The third-order valence-corrected chi connectivity index (χ3v) is 3.95. The molecule has 0 saturated carbocycles. The number of nitro groups is 1. The first-order valence-corrected chi connectivity index (χ1v) is 7.88. The van der Waals surface area contributed by atoms with Gasteiger partial charge in [-0.25, -0.2) is 0 Å². The van der Waals surface area contributed by atoms with Gasteiger partial charge in [-0.05, 0) is 44.4 Å². The van der Waals surface area contributed by atoms with E-state index in [2.05, 4.69) is 0 Å². The predicted octanol–water partition coefficient (Wildman–Crippen LogP) is 1.87. The summed E-state index contributed by atoms with van der Waals surface area (Å²) in [7, 11) is 0. The van der Waals surface area contributed by atoms with Gasteiger partial charge in [-0.15, -0.1) is 0 Å². The van der Waals surface area contributed by atoms with Crippen LogP contribution in [-0.2, 0) is 4.74 Å². The van der Waals surface area contributed by atoms with Crippen molar-refractivity contribution in [3.63, 3.8) is 0 Å². The molecule has 126 valence electrons. The maximum atomic E-state index is 12.5. The monoisotopic (exact) mass is 321 g/mol. The zero-order chi connectivity index (χ0) is 16.8. The minimum Gasteiger partial charge on any atom is -0.378 e. The molecule has 1 aromatic rings. The van der Waals surface area contributed by atoms with Crippen molar-refractivity contribution in [3.8, 4) is 0 Å². The highest BCUT2D eigenvalue weighted by Gasteiger charge is 2.25. The summed E-state index contributed by atoms with van der Waals surface area (Å²) < 4.78 is 5.72. The van der Waals surface area contributed by atoms with Gasteiger partial charge >= 0.3 is 0 Å². The van der Waals surface area contributed by atoms with E-state index in [0.29, 0.717) is 37.4 Å². The van der Waals surface area contributed by atoms with E-state index in [4.69, 9.17) is 10.5 Å². The smallest absolute Gasteiger partial charge is 0.270 e. The maximum Gasteiger partial charge on any atom is 0.270 e. The second-order valence-corrected chi connectivity index (χ2v) is 5.82. The van der Waals surface area contributed by atoms with Crippen LogP contribution in [0.3, 0.4) is 0 Å². The molecule has 1 amide bonds. The minimum absolute atomic E-state index is 0.0478. The summed E-state index contributed by atoms with van der Waals surface area (Å²) in [6.07, 6.45) is 2.57. The Bertz CT molecular complexity index is 568. The number of piperidine rings is 1. The number of non-ortho nitro benzene ring substituents is 1. The molecule has 0 aromatic heterocycles. The standard InChI is InChI=1S/C16H23N3O4/c1-12-9-13(11-14(10-12)19(21)22)16(20)18-6-3-15(4-7-18)23-8-2-5-17/h9-11,15H,2-8,17H2,1H3. The number of ether oxygens (including phenoxy) is 1. The van der Waals surface area contributed by atoms with Crippen LogP contribution in [-0.4, -0.2) is 48.1 Å². The molecule has 7 heteroatoms. The first-order valence-electron chi connectivity index (χ1n) is 7.88. The van der Waals surface area contributed by atoms with Crippen LogP contribution in [0.25, 0.3) is 0 Å². The zero-order valence-corrected chi connectivity index (χ0v) is 13.4. The van der Waals surface area contributed by atoms with Crippen LogP contribution in [0.4, 0.5) is 5.69 Å². The van der Waals surface area contributed by atoms with E-state index in [1.807, 2.05) is 0 Å². The van der Waals surface area contributed by atoms with Crippen molar-refractivity contribution in [2.24, 2.45) is 5.73 Å². The number of likely N-dealkylation sites (tertiary alicyclic amines) is 1. The molecule has 0 unspecified atom stereocenters. The van der Waals surface area contributed by atoms with Crippen LogP contribution >= 0.6 is 0 Å². The first-order chi connectivity index (χ1) is 11.0. The quantitative estimate of drug-likeness (QED) is 0.490. The number of amides is 1. The molecular weight excluding hydrogens is 298 g/mol. The van der Waals surface area contributed by atoms with Gasteiger partial charge < -0.3 is 15.4 Å². The van der Waals surface area contributed by atoms with Crippen LogP contribution in [0.15, 0.2) is 18.2 Å². The summed E-state index contributed by atoms with van der Waals surface area (Å²) >= 11 is 0. The molecular formula is C16H23N3O4. The Morgan fingerprint density at radius 1 is 1.39 bits per heavy atom. The number of carbonyl (C=O) groups is 1. The van der Waals surface area contributed by atoms with Crippen molar-refractivity contribution in [3.05, 3.63) is 39.4 Å². The van der Waals surface area contributed by atoms with Crippen LogP contribution in [0.2, 0.25) is 0 Å². The SMILES string of the molecule is Cc1cc(C(=O)N2CCC(OCCCN)CC2)cc([N+](=O)[O-])c1. The molecule has 0 radical (unpaired) electrons. The summed E-state index contributed by atoms with van der Waals surface area (Å²) in [5, 5.41) is 10.9. The highest BCUT2D eigenvalue weighted by Crippen LogP contribution is 2.21. The molecule has 1 saturated heterocycles. The summed E-state index contributed by atoms with van der Waals surface area (Å²) in [5.74, 6) is -0.155. The first kappa shape index (κ1) is 17.4. The Balaban J connectivity index is 1.96. The van der Waals surface area contributed by atoms with Crippen LogP contribution in [0.5, 0.6) is 0 Å². The van der Waals surface area contributed by atoms with Crippen molar-refractivity contribution in [2.75, 3.05) is 26.2 Å². The Morgan fingerprint density at radius 3 is 2.70 bits per heavy atom. The highest BCUT2D eigenvalue weighted by atomic mass is 16.6. The Hall–Kier alpha value is -1.99. The third-order valence-electron chi connectivity index (χ3n) is 3.95. The third kappa shape index (κ3) is 4.74. The molecule has 0 aliphatic carbocycles. The van der Waals surface area contributed by atoms with E-state index >= 15 is 0 Å². The Kier molecular flexibility index (Phi) is 6.06. The lowest BCUT2D eigenvalue weighted by molar-refractivity contribution is -0.384. The van der Waals surface area contributed by atoms with E-state index in [-0.39, 0.29) is 17.7 Å². The van der Waals surface area contributed by atoms with Crippen molar-refractivity contribution < 1.29 is 14.5 Å². The van der Waals surface area contributed by atoms with Gasteiger partial charge in [-0.2, -0.15) is 0 Å². The lowest BCUT2D eigenvalue weighted by atomic mass is 10.0. The largest absolute Gasteiger partial charge is 0.378 e. The molecule has 0 bridgehead atoms. The number of hydrogen-bond acceptors (Lipinski definition) is 5. The molecule has 23 heavy (non-hydrogen) atoms. The summed E-state index contributed by atoms with van der Waals surface area (Å²) in [4.78, 5) is 24.7. The zero-order valence-electron chi connectivity index (χ0n) is 13.4. The Labute approximate surface area is 135 Å². The molecule has 2 N–H and O–H groups in total. The van der Waals surface area contributed by atoms with Crippen molar-refractivity contribution in [1.29, 1.82) is 0 Å². The van der Waals surface area contributed by atoms with Gasteiger partial charge in [0.1, 0.15) is 0 Å². The second kappa shape index (κ2) is 8.03. The lowest BCUT2D eigenvalue weighted by Crippen LogP contribution is -2.41. The molecule has 1 aliphatic heterocycles. The van der Waals surface area contributed by atoms with Gasteiger partial charge in [0, 0.05) is 37.4 Å². The van der Waals surface area contributed by atoms with Gasteiger partial charge in [0.25, 0.3) is 11.6 Å². The number of rotatable bonds is 6. The molecule has 1 aromatic carbocycles. The number of carbonyl (C=O) groups excluding carboxylic acids is 1. The van der Waals surface area contributed by atoms with Gasteiger partial charge in [-0.1, -0.05) is 0 Å². The molecule has 7 nitrogen and oxygen atoms in total. The summed E-state index contributed by atoms with van der Waals surface area (Å²) in [5.41, 5.74) is 6.47. The maximum absolute atomic E-state index is 12.5. The second-order valence-electron chi connectivity index (χ2n) is 5.82. The van der Waals surface area contributed by atoms with Gasteiger partial charge in [0.15, 0.2) is 0 Å². The molecule has 1 heterocycles.